The lowest BCUT2D eigenvalue weighted by molar-refractivity contribution is -0.136. The minimum Gasteiger partial charge on any atom is -0.394 e. The van der Waals surface area contributed by atoms with Crippen LogP contribution in [0.3, 0.4) is 0 Å². The number of hydrogen-bond donors (Lipinski definition) is 2. The topological polar surface area (TPSA) is 90.0 Å². The summed E-state index contributed by atoms with van der Waals surface area (Å²) < 4.78 is 0. The molecule has 0 aliphatic carbocycles. The van der Waals surface area contributed by atoms with Gasteiger partial charge < -0.3 is 20.2 Å². The molecule has 1 atom stereocenters. The molecule has 0 saturated carbocycles. The average Bonchev–Trinajstić information content (AvgIpc) is 2.90. The van der Waals surface area contributed by atoms with Crippen LogP contribution in [0.2, 0.25) is 0 Å². The standard InChI is InChI=1S/C19H25N3O4/c23-13-14-6-2-1-5-11-21(14)18(25)9-10-19(26)22-12-17(24)20-15-7-3-4-8-16(15)22/h3-4,7-8,14,23H,1-2,5-6,9-13H2,(H,20,24). The summed E-state index contributed by atoms with van der Waals surface area (Å²) in [5.41, 5.74) is 1.27. The average molecular weight is 359 g/mol. The third-order valence-electron chi connectivity index (χ3n) is 5.03. The van der Waals surface area contributed by atoms with E-state index in [4.69, 9.17) is 0 Å². The van der Waals surface area contributed by atoms with E-state index in [2.05, 4.69) is 5.32 Å². The van der Waals surface area contributed by atoms with Gasteiger partial charge in [-0.1, -0.05) is 25.0 Å². The molecule has 3 rings (SSSR count). The van der Waals surface area contributed by atoms with Crippen LogP contribution in [0.25, 0.3) is 0 Å². The smallest absolute Gasteiger partial charge is 0.244 e. The van der Waals surface area contributed by atoms with E-state index in [1.807, 2.05) is 6.07 Å². The van der Waals surface area contributed by atoms with E-state index < -0.39 is 0 Å². The third kappa shape index (κ3) is 4.04. The van der Waals surface area contributed by atoms with Crippen LogP contribution in [-0.2, 0) is 14.4 Å². The van der Waals surface area contributed by atoms with E-state index in [0.29, 0.717) is 17.9 Å². The van der Waals surface area contributed by atoms with Crippen LogP contribution in [0.1, 0.15) is 38.5 Å². The molecule has 0 spiro atoms. The second-order valence-corrected chi connectivity index (χ2v) is 6.82. The van der Waals surface area contributed by atoms with Crippen LogP contribution < -0.4 is 10.2 Å². The van der Waals surface area contributed by atoms with Crippen molar-refractivity contribution >= 4 is 29.1 Å². The number of hydrogen-bond acceptors (Lipinski definition) is 4. The summed E-state index contributed by atoms with van der Waals surface area (Å²) >= 11 is 0. The Morgan fingerprint density at radius 1 is 1.12 bits per heavy atom. The molecule has 1 unspecified atom stereocenters. The molecule has 7 heteroatoms. The lowest BCUT2D eigenvalue weighted by atomic mass is 10.1. The molecular formula is C19H25N3O4. The molecule has 0 radical (unpaired) electrons. The van der Waals surface area contributed by atoms with Crippen LogP contribution in [0.5, 0.6) is 0 Å². The second kappa shape index (κ2) is 8.31. The summed E-state index contributed by atoms with van der Waals surface area (Å²) in [7, 11) is 0. The van der Waals surface area contributed by atoms with Crippen LogP contribution >= 0.6 is 0 Å². The molecule has 2 aliphatic rings. The number of aliphatic hydroxyl groups is 1. The molecule has 0 bridgehead atoms. The Labute approximate surface area is 153 Å². The summed E-state index contributed by atoms with van der Waals surface area (Å²) in [4.78, 5) is 40.2. The predicted octanol–water partition coefficient (Wildman–Crippen LogP) is 1.52. The van der Waals surface area contributed by atoms with Gasteiger partial charge >= 0.3 is 0 Å². The molecule has 7 nitrogen and oxygen atoms in total. The highest BCUT2D eigenvalue weighted by atomic mass is 16.3. The van der Waals surface area contributed by atoms with Crippen LogP contribution in [-0.4, -0.2) is 53.5 Å². The minimum atomic E-state index is -0.240. The molecule has 140 valence electrons. The van der Waals surface area contributed by atoms with Gasteiger partial charge in [-0.05, 0) is 25.0 Å². The van der Waals surface area contributed by atoms with E-state index >= 15 is 0 Å². The molecule has 1 aromatic carbocycles. The van der Waals surface area contributed by atoms with Gasteiger partial charge in [0.1, 0.15) is 6.54 Å². The van der Waals surface area contributed by atoms with Crippen LogP contribution in [0.4, 0.5) is 11.4 Å². The van der Waals surface area contributed by atoms with Gasteiger partial charge in [0.25, 0.3) is 0 Å². The quantitative estimate of drug-likeness (QED) is 0.853. The molecule has 1 fully saturated rings. The number of aliphatic hydroxyl groups excluding tert-OH is 1. The number of carbonyl (C=O) groups is 3. The number of nitrogens with zero attached hydrogens (tertiary/aromatic N) is 2. The first-order valence-corrected chi connectivity index (χ1v) is 9.19. The molecule has 1 aromatic rings. The summed E-state index contributed by atoms with van der Waals surface area (Å²) in [5.74, 6) is -0.582. The Bertz CT molecular complexity index is 691. The number of likely N-dealkylation sites (tertiary alicyclic amines) is 1. The predicted molar refractivity (Wildman–Crippen MR) is 97.7 cm³/mol. The maximum absolute atomic E-state index is 12.6. The van der Waals surface area contributed by atoms with Crippen LogP contribution in [0, 0.1) is 0 Å². The zero-order chi connectivity index (χ0) is 18.5. The Morgan fingerprint density at radius 2 is 1.88 bits per heavy atom. The number of fused-ring (bicyclic) bond motifs is 1. The van der Waals surface area contributed by atoms with Crippen molar-refractivity contribution in [3.05, 3.63) is 24.3 Å². The maximum atomic E-state index is 12.6. The van der Waals surface area contributed by atoms with Crippen molar-refractivity contribution in [3.63, 3.8) is 0 Å². The van der Waals surface area contributed by atoms with Crippen molar-refractivity contribution in [2.45, 2.75) is 44.6 Å². The number of nitrogens with one attached hydrogen (secondary N) is 1. The fourth-order valence-electron chi connectivity index (χ4n) is 3.64. The molecule has 3 amide bonds. The minimum absolute atomic E-state index is 0.0347. The van der Waals surface area contributed by atoms with Gasteiger partial charge in [-0.2, -0.15) is 0 Å². The van der Waals surface area contributed by atoms with Gasteiger partial charge in [0, 0.05) is 19.4 Å². The first kappa shape index (κ1) is 18.4. The number of amides is 3. The highest BCUT2D eigenvalue weighted by Crippen LogP contribution is 2.29. The Hall–Kier alpha value is -2.41. The fraction of sp³-hybridized carbons (Fsp3) is 0.526. The number of carbonyl (C=O) groups excluding carboxylic acids is 3. The van der Waals surface area contributed by atoms with Crippen molar-refractivity contribution in [2.24, 2.45) is 0 Å². The van der Waals surface area contributed by atoms with E-state index in [1.54, 1.807) is 23.1 Å². The van der Waals surface area contributed by atoms with Gasteiger partial charge in [0.15, 0.2) is 0 Å². The molecule has 26 heavy (non-hydrogen) atoms. The van der Waals surface area contributed by atoms with Crippen molar-refractivity contribution in [1.82, 2.24) is 4.90 Å². The largest absolute Gasteiger partial charge is 0.394 e. The molecule has 2 aliphatic heterocycles. The second-order valence-electron chi connectivity index (χ2n) is 6.82. The molecular weight excluding hydrogens is 334 g/mol. The number of benzene rings is 1. The molecule has 2 heterocycles. The van der Waals surface area contributed by atoms with E-state index in [-0.39, 0.29) is 49.8 Å². The summed E-state index contributed by atoms with van der Waals surface area (Å²) in [6.45, 7) is 0.555. The maximum Gasteiger partial charge on any atom is 0.244 e. The third-order valence-corrected chi connectivity index (χ3v) is 5.03. The van der Waals surface area contributed by atoms with Gasteiger partial charge in [-0.15, -0.1) is 0 Å². The number of para-hydroxylation sites is 2. The Balaban J connectivity index is 1.63. The zero-order valence-corrected chi connectivity index (χ0v) is 14.8. The zero-order valence-electron chi connectivity index (χ0n) is 14.8. The first-order valence-electron chi connectivity index (χ1n) is 9.19. The van der Waals surface area contributed by atoms with E-state index in [9.17, 15) is 19.5 Å². The molecule has 0 aromatic heterocycles. The lowest BCUT2D eigenvalue weighted by Gasteiger charge is -2.30. The van der Waals surface area contributed by atoms with Crippen molar-refractivity contribution in [2.75, 3.05) is 29.9 Å². The highest BCUT2D eigenvalue weighted by molar-refractivity contribution is 6.10. The van der Waals surface area contributed by atoms with Gasteiger partial charge in [-0.3, -0.25) is 14.4 Å². The van der Waals surface area contributed by atoms with Crippen molar-refractivity contribution in [3.8, 4) is 0 Å². The highest BCUT2D eigenvalue weighted by Gasteiger charge is 2.29. The normalized spacial score (nSPS) is 20.2. The van der Waals surface area contributed by atoms with E-state index in [0.717, 1.165) is 25.7 Å². The summed E-state index contributed by atoms with van der Waals surface area (Å²) in [6, 6.07) is 6.99. The summed E-state index contributed by atoms with van der Waals surface area (Å²) in [5, 5.41) is 12.3. The Morgan fingerprint density at radius 3 is 2.69 bits per heavy atom. The van der Waals surface area contributed by atoms with Gasteiger partial charge in [0.05, 0.1) is 24.0 Å². The molecule has 2 N–H and O–H groups in total. The number of rotatable bonds is 4. The monoisotopic (exact) mass is 359 g/mol. The number of anilines is 2. The fourth-order valence-corrected chi connectivity index (χ4v) is 3.64. The Kier molecular flexibility index (Phi) is 5.88. The van der Waals surface area contributed by atoms with Gasteiger partial charge in [-0.25, -0.2) is 0 Å². The SMILES string of the molecule is O=C1CN(C(=O)CCC(=O)N2CCCCCC2CO)c2ccccc2N1. The lowest BCUT2D eigenvalue weighted by Crippen LogP contribution is -2.44. The van der Waals surface area contributed by atoms with Crippen molar-refractivity contribution < 1.29 is 19.5 Å². The van der Waals surface area contributed by atoms with Crippen molar-refractivity contribution in [1.29, 1.82) is 0 Å². The molecule has 1 saturated heterocycles. The van der Waals surface area contributed by atoms with E-state index in [1.165, 1.54) is 4.90 Å². The summed E-state index contributed by atoms with van der Waals surface area (Å²) in [6.07, 6.45) is 3.93. The van der Waals surface area contributed by atoms with Gasteiger partial charge in [0.2, 0.25) is 17.7 Å². The first-order chi connectivity index (χ1) is 12.6. The van der Waals surface area contributed by atoms with Crippen LogP contribution in [0.15, 0.2) is 24.3 Å².